The molecule has 0 radical (unpaired) electrons. The summed E-state index contributed by atoms with van der Waals surface area (Å²) in [5.74, 6) is -0.483. The number of hydrogen-bond acceptors (Lipinski definition) is 7. The first-order valence-corrected chi connectivity index (χ1v) is 14.0. The molecule has 1 aliphatic rings. The van der Waals surface area contributed by atoms with Gasteiger partial charge in [-0.2, -0.15) is 10.2 Å². The fourth-order valence-corrected chi connectivity index (χ4v) is 5.97. The molecule has 4 heterocycles. The molecule has 5 aromatic rings. The van der Waals surface area contributed by atoms with Gasteiger partial charge in [-0.05, 0) is 54.6 Å². The minimum absolute atomic E-state index is 0.0477. The van der Waals surface area contributed by atoms with Crippen molar-refractivity contribution in [3.05, 3.63) is 86.9 Å². The molecule has 3 aromatic heterocycles. The third-order valence-corrected chi connectivity index (χ3v) is 8.24. The Kier molecular flexibility index (Phi) is 7.33. The lowest BCUT2D eigenvalue weighted by Gasteiger charge is -2.26. The summed E-state index contributed by atoms with van der Waals surface area (Å²) in [7, 11) is 0. The van der Waals surface area contributed by atoms with Crippen LogP contribution in [0.2, 0.25) is 0 Å². The molecule has 1 aliphatic heterocycles. The lowest BCUT2D eigenvalue weighted by Crippen LogP contribution is -2.34. The van der Waals surface area contributed by atoms with E-state index in [-0.39, 0.29) is 18.0 Å². The van der Waals surface area contributed by atoms with Gasteiger partial charge in [0.05, 0.1) is 35.2 Å². The van der Waals surface area contributed by atoms with Gasteiger partial charge in [-0.15, -0.1) is 11.3 Å². The number of H-pyrrole nitrogens is 1. The Hall–Kier alpha value is -4.42. The predicted molar refractivity (Wildman–Crippen MR) is 156 cm³/mol. The monoisotopic (exact) mass is 575 g/mol. The van der Waals surface area contributed by atoms with Crippen LogP contribution in [-0.4, -0.2) is 50.5 Å². The molecule has 3 N–H and O–H groups in total. The molecule has 1 amide bonds. The second kappa shape index (κ2) is 11.2. The smallest absolute Gasteiger partial charge is 0.287 e. The first-order chi connectivity index (χ1) is 19.9. The number of thiophene rings is 1. The first kappa shape index (κ1) is 26.8. The number of fused-ring (bicyclic) bond motifs is 2. The normalized spacial score (nSPS) is 13.3. The van der Waals surface area contributed by atoms with Crippen molar-refractivity contribution in [1.29, 1.82) is 0 Å². The van der Waals surface area contributed by atoms with Crippen molar-refractivity contribution in [2.75, 3.05) is 30.4 Å². The number of amides is 1. The number of nitrogens with one attached hydrogen (secondary N) is 3. The standard InChI is InChI=1S/C29H27F2N7O2S/c1-17-20(7-8-21(31)27(17)33-29(40)25-13-18-5-2-3-6-24(18)41-25)22-15-23(28(39)35-34-22)32-26-14-19-16-37(10-4-9-30)11-12-38(19)36-26/h2-3,5-8,13-15H,4,9-12,16H2,1H3,(H,33,40)(H,35,39)(H,32,34,36). The highest BCUT2D eigenvalue weighted by atomic mass is 32.1. The van der Waals surface area contributed by atoms with Gasteiger partial charge in [0.2, 0.25) is 0 Å². The molecule has 0 saturated heterocycles. The van der Waals surface area contributed by atoms with E-state index in [0.717, 1.165) is 22.3 Å². The van der Waals surface area contributed by atoms with E-state index < -0.39 is 17.3 Å². The number of halogens is 2. The Bertz CT molecular complexity index is 1780. The minimum atomic E-state index is -0.576. The molecule has 9 nitrogen and oxygen atoms in total. The molecule has 0 fully saturated rings. The maximum atomic E-state index is 14.9. The van der Waals surface area contributed by atoms with E-state index in [9.17, 15) is 18.4 Å². The van der Waals surface area contributed by atoms with E-state index in [4.69, 9.17) is 0 Å². The fourth-order valence-electron chi connectivity index (χ4n) is 5.01. The van der Waals surface area contributed by atoms with Gasteiger partial charge >= 0.3 is 0 Å². The number of aromatic nitrogens is 4. The quantitative estimate of drug-likeness (QED) is 0.227. The number of anilines is 3. The van der Waals surface area contributed by atoms with Gasteiger partial charge in [0.1, 0.15) is 11.5 Å². The molecule has 12 heteroatoms. The molecule has 0 bridgehead atoms. The van der Waals surface area contributed by atoms with Gasteiger partial charge < -0.3 is 10.6 Å². The number of alkyl halides is 1. The molecule has 6 rings (SSSR count). The Labute approximate surface area is 237 Å². The zero-order chi connectivity index (χ0) is 28.5. The molecular weight excluding hydrogens is 548 g/mol. The highest BCUT2D eigenvalue weighted by Crippen LogP contribution is 2.32. The molecule has 0 unspecified atom stereocenters. The van der Waals surface area contributed by atoms with Crippen LogP contribution in [0.15, 0.2) is 59.4 Å². The Morgan fingerprint density at radius 2 is 2.00 bits per heavy atom. The van der Waals surface area contributed by atoms with Crippen molar-refractivity contribution in [3.8, 4) is 11.3 Å². The maximum Gasteiger partial charge on any atom is 0.287 e. The summed E-state index contributed by atoms with van der Waals surface area (Å²) in [5.41, 5.74) is 2.20. The highest BCUT2D eigenvalue weighted by molar-refractivity contribution is 7.20. The van der Waals surface area contributed by atoms with Crippen LogP contribution in [-0.2, 0) is 13.1 Å². The third-order valence-electron chi connectivity index (χ3n) is 7.13. The minimum Gasteiger partial charge on any atom is -0.334 e. The molecule has 0 aliphatic carbocycles. The number of rotatable bonds is 8. The topological polar surface area (TPSA) is 108 Å². The SMILES string of the molecule is Cc1c(-c2cc(Nc3cc4n(n3)CCN(CCCF)C4)c(=O)[nH]n2)ccc(F)c1NC(=O)c1cc2ccccc2s1. The summed E-state index contributed by atoms with van der Waals surface area (Å²) in [6.45, 7) is 4.13. The second-order valence-corrected chi connectivity index (χ2v) is 11.0. The van der Waals surface area contributed by atoms with Crippen LogP contribution >= 0.6 is 11.3 Å². The summed E-state index contributed by atoms with van der Waals surface area (Å²) in [5, 5.41) is 18.0. The van der Waals surface area contributed by atoms with Crippen LogP contribution in [0.4, 0.5) is 26.0 Å². The van der Waals surface area contributed by atoms with E-state index in [1.807, 2.05) is 35.0 Å². The lowest BCUT2D eigenvalue weighted by atomic mass is 10.0. The van der Waals surface area contributed by atoms with Crippen molar-refractivity contribution in [2.45, 2.75) is 26.4 Å². The number of benzene rings is 2. The zero-order valence-corrected chi connectivity index (χ0v) is 23.0. The molecule has 0 saturated carbocycles. The van der Waals surface area contributed by atoms with Gasteiger partial charge in [-0.1, -0.05) is 18.2 Å². The van der Waals surface area contributed by atoms with Gasteiger partial charge in [-0.3, -0.25) is 23.6 Å². The van der Waals surface area contributed by atoms with Gasteiger partial charge in [0.25, 0.3) is 11.5 Å². The number of carbonyl (C=O) groups excluding carboxylic acids is 1. The molecule has 0 spiro atoms. The van der Waals surface area contributed by atoms with E-state index >= 15 is 0 Å². The molecule has 0 atom stereocenters. The predicted octanol–water partition coefficient (Wildman–Crippen LogP) is 5.47. The van der Waals surface area contributed by atoms with Crippen LogP contribution in [0, 0.1) is 12.7 Å². The average molecular weight is 576 g/mol. The van der Waals surface area contributed by atoms with Gasteiger partial charge in [-0.25, -0.2) is 9.49 Å². The van der Waals surface area contributed by atoms with E-state index in [2.05, 4.69) is 30.8 Å². The Morgan fingerprint density at radius 1 is 1.15 bits per heavy atom. The van der Waals surface area contributed by atoms with E-state index in [1.54, 1.807) is 25.1 Å². The Morgan fingerprint density at radius 3 is 2.83 bits per heavy atom. The fraction of sp³-hybridized carbons (Fsp3) is 0.241. The highest BCUT2D eigenvalue weighted by Gasteiger charge is 2.20. The number of hydrogen-bond donors (Lipinski definition) is 3. The van der Waals surface area contributed by atoms with E-state index in [0.29, 0.717) is 53.6 Å². The largest absolute Gasteiger partial charge is 0.334 e. The third kappa shape index (κ3) is 5.48. The van der Waals surface area contributed by atoms with Crippen molar-refractivity contribution < 1.29 is 13.6 Å². The molecule has 2 aromatic carbocycles. The lowest BCUT2D eigenvalue weighted by molar-refractivity contribution is 0.103. The Balaban J connectivity index is 1.24. The molecule has 210 valence electrons. The van der Waals surface area contributed by atoms with Gasteiger partial charge in [0, 0.05) is 36.0 Å². The number of nitrogens with zero attached hydrogens (tertiary/aromatic N) is 4. The van der Waals surface area contributed by atoms with Crippen molar-refractivity contribution in [1.82, 2.24) is 24.9 Å². The summed E-state index contributed by atoms with van der Waals surface area (Å²) in [6, 6.07) is 15.7. The van der Waals surface area contributed by atoms with Crippen molar-refractivity contribution >= 4 is 44.5 Å². The summed E-state index contributed by atoms with van der Waals surface area (Å²) >= 11 is 1.33. The summed E-state index contributed by atoms with van der Waals surface area (Å²) in [6.07, 6.45) is 0.494. The summed E-state index contributed by atoms with van der Waals surface area (Å²) in [4.78, 5) is 28.3. The summed E-state index contributed by atoms with van der Waals surface area (Å²) < 4.78 is 30.4. The van der Waals surface area contributed by atoms with Crippen LogP contribution in [0.5, 0.6) is 0 Å². The number of carbonyl (C=O) groups is 1. The zero-order valence-electron chi connectivity index (χ0n) is 22.2. The van der Waals surface area contributed by atoms with Crippen LogP contribution in [0.25, 0.3) is 21.3 Å². The second-order valence-electron chi connectivity index (χ2n) is 9.88. The van der Waals surface area contributed by atoms with Crippen LogP contribution in [0.1, 0.15) is 27.3 Å². The van der Waals surface area contributed by atoms with Crippen molar-refractivity contribution in [2.24, 2.45) is 0 Å². The van der Waals surface area contributed by atoms with Crippen molar-refractivity contribution in [3.63, 3.8) is 0 Å². The van der Waals surface area contributed by atoms with E-state index in [1.165, 1.54) is 17.4 Å². The van der Waals surface area contributed by atoms with Crippen LogP contribution in [0.3, 0.4) is 0 Å². The maximum absolute atomic E-state index is 14.9. The molecular formula is C29H27F2N7O2S. The van der Waals surface area contributed by atoms with Crippen LogP contribution < -0.4 is 16.2 Å². The van der Waals surface area contributed by atoms with Gasteiger partial charge in [0.15, 0.2) is 5.82 Å². The average Bonchev–Trinajstić information content (AvgIpc) is 3.59. The number of aromatic amines is 1. The first-order valence-electron chi connectivity index (χ1n) is 13.2. The molecule has 41 heavy (non-hydrogen) atoms.